The van der Waals surface area contributed by atoms with Gasteiger partial charge in [0.05, 0.1) is 5.71 Å². The van der Waals surface area contributed by atoms with Crippen LogP contribution >= 0.6 is 11.8 Å². The highest BCUT2D eigenvalue weighted by Crippen LogP contribution is 2.23. The van der Waals surface area contributed by atoms with Crippen LogP contribution in [-0.2, 0) is 0 Å². The molecule has 3 heteroatoms. The van der Waals surface area contributed by atoms with Crippen molar-refractivity contribution in [2.45, 2.75) is 32.9 Å². The lowest BCUT2D eigenvalue weighted by molar-refractivity contribution is 0.309. The first-order chi connectivity index (χ1) is 4.93. The standard InChI is InChI=1S/C8H17NOS/c1-6(11-5)7(9-10)8(2,3)4/h6,10H,1-5H3. The minimum atomic E-state index is -0.0306. The Balaban J connectivity index is 4.44. The summed E-state index contributed by atoms with van der Waals surface area (Å²) in [4.78, 5) is 0. The Morgan fingerprint density at radius 1 is 1.45 bits per heavy atom. The largest absolute Gasteiger partial charge is 0.411 e. The van der Waals surface area contributed by atoms with Crippen molar-refractivity contribution in [3.8, 4) is 0 Å². The number of oxime groups is 1. The molecule has 0 spiro atoms. The molecular weight excluding hydrogens is 158 g/mol. The van der Waals surface area contributed by atoms with Crippen molar-refractivity contribution in [2.24, 2.45) is 10.6 Å². The second-order valence-electron chi connectivity index (χ2n) is 3.61. The summed E-state index contributed by atoms with van der Waals surface area (Å²) in [5.41, 5.74) is 0.821. The van der Waals surface area contributed by atoms with Crippen LogP contribution in [0.2, 0.25) is 0 Å². The van der Waals surface area contributed by atoms with Gasteiger partial charge in [0.15, 0.2) is 0 Å². The van der Waals surface area contributed by atoms with E-state index < -0.39 is 0 Å². The molecule has 0 aromatic heterocycles. The van der Waals surface area contributed by atoms with Crippen LogP contribution in [0, 0.1) is 5.41 Å². The van der Waals surface area contributed by atoms with Gasteiger partial charge >= 0.3 is 0 Å². The Morgan fingerprint density at radius 3 is 2.00 bits per heavy atom. The van der Waals surface area contributed by atoms with E-state index in [4.69, 9.17) is 5.21 Å². The molecule has 0 heterocycles. The van der Waals surface area contributed by atoms with Crippen LogP contribution < -0.4 is 0 Å². The van der Waals surface area contributed by atoms with E-state index >= 15 is 0 Å². The molecular formula is C8H17NOS. The Hall–Kier alpha value is -0.180. The Kier molecular flexibility index (Phi) is 3.93. The third-order valence-electron chi connectivity index (χ3n) is 1.61. The Labute approximate surface area is 73.1 Å². The molecule has 0 aromatic carbocycles. The van der Waals surface area contributed by atoms with E-state index in [1.165, 1.54) is 0 Å². The SMILES string of the molecule is CSC(C)C(=NO)C(C)(C)C. The van der Waals surface area contributed by atoms with Crippen LogP contribution in [0.25, 0.3) is 0 Å². The topological polar surface area (TPSA) is 32.6 Å². The summed E-state index contributed by atoms with van der Waals surface area (Å²) in [6, 6.07) is 0. The van der Waals surface area contributed by atoms with Crippen molar-refractivity contribution >= 4 is 17.5 Å². The molecule has 66 valence electrons. The Morgan fingerprint density at radius 2 is 1.91 bits per heavy atom. The highest BCUT2D eigenvalue weighted by molar-refractivity contribution is 7.99. The van der Waals surface area contributed by atoms with Crippen LogP contribution in [0.15, 0.2) is 5.16 Å². The molecule has 0 aliphatic rings. The molecule has 1 unspecified atom stereocenters. The third-order valence-corrected chi connectivity index (χ3v) is 2.55. The molecule has 0 fully saturated rings. The number of hydrogen-bond donors (Lipinski definition) is 1. The summed E-state index contributed by atoms with van der Waals surface area (Å²) in [6.45, 7) is 8.20. The lowest BCUT2D eigenvalue weighted by atomic mass is 9.88. The van der Waals surface area contributed by atoms with Crippen molar-refractivity contribution < 1.29 is 5.21 Å². The van der Waals surface area contributed by atoms with Crippen molar-refractivity contribution in [2.75, 3.05) is 6.26 Å². The number of nitrogens with zero attached hydrogens (tertiary/aromatic N) is 1. The van der Waals surface area contributed by atoms with E-state index in [2.05, 4.69) is 25.9 Å². The van der Waals surface area contributed by atoms with Crippen LogP contribution in [-0.4, -0.2) is 22.4 Å². The van der Waals surface area contributed by atoms with Crippen molar-refractivity contribution in [3.63, 3.8) is 0 Å². The molecule has 11 heavy (non-hydrogen) atoms. The number of thioether (sulfide) groups is 1. The first-order valence-corrected chi connectivity index (χ1v) is 4.97. The smallest absolute Gasteiger partial charge is 0.0750 e. The van der Waals surface area contributed by atoms with Crippen molar-refractivity contribution in [1.82, 2.24) is 0 Å². The van der Waals surface area contributed by atoms with Crippen LogP contribution in [0.3, 0.4) is 0 Å². The molecule has 0 saturated heterocycles. The van der Waals surface area contributed by atoms with Gasteiger partial charge in [-0.05, 0) is 13.2 Å². The first kappa shape index (κ1) is 10.8. The monoisotopic (exact) mass is 175 g/mol. The van der Waals surface area contributed by atoms with Gasteiger partial charge in [-0.2, -0.15) is 11.8 Å². The maximum absolute atomic E-state index is 8.74. The van der Waals surface area contributed by atoms with Gasteiger partial charge in [-0.1, -0.05) is 25.9 Å². The summed E-state index contributed by atoms with van der Waals surface area (Å²) in [6.07, 6.45) is 2.02. The molecule has 0 amide bonds. The van der Waals surface area contributed by atoms with Gasteiger partial charge in [0.1, 0.15) is 0 Å². The third kappa shape index (κ3) is 3.14. The first-order valence-electron chi connectivity index (χ1n) is 3.68. The fourth-order valence-corrected chi connectivity index (χ4v) is 1.58. The fourth-order valence-electron chi connectivity index (χ4n) is 0.953. The highest BCUT2D eigenvalue weighted by atomic mass is 32.2. The minimum Gasteiger partial charge on any atom is -0.411 e. The summed E-state index contributed by atoms with van der Waals surface area (Å²) in [5, 5.41) is 12.4. The van der Waals surface area contributed by atoms with Gasteiger partial charge in [-0.15, -0.1) is 0 Å². The van der Waals surface area contributed by atoms with Crippen molar-refractivity contribution in [3.05, 3.63) is 0 Å². The van der Waals surface area contributed by atoms with E-state index in [9.17, 15) is 0 Å². The van der Waals surface area contributed by atoms with E-state index in [0.717, 1.165) is 5.71 Å². The maximum atomic E-state index is 8.74. The molecule has 0 aliphatic heterocycles. The van der Waals surface area contributed by atoms with E-state index in [1.54, 1.807) is 11.8 Å². The quantitative estimate of drug-likeness (QED) is 0.397. The summed E-state index contributed by atoms with van der Waals surface area (Å²) in [7, 11) is 0. The van der Waals surface area contributed by atoms with Gasteiger partial charge in [0.2, 0.25) is 0 Å². The maximum Gasteiger partial charge on any atom is 0.0750 e. The molecule has 0 radical (unpaired) electrons. The van der Waals surface area contributed by atoms with Crippen molar-refractivity contribution in [1.29, 1.82) is 0 Å². The highest BCUT2D eigenvalue weighted by Gasteiger charge is 2.24. The molecule has 1 atom stereocenters. The lowest BCUT2D eigenvalue weighted by Gasteiger charge is -2.23. The van der Waals surface area contributed by atoms with Gasteiger partial charge in [0.25, 0.3) is 0 Å². The zero-order valence-electron chi connectivity index (χ0n) is 7.88. The molecule has 0 aromatic rings. The predicted octanol–water partition coefficient (Wildman–Crippen LogP) is 2.61. The molecule has 0 aliphatic carbocycles. The van der Waals surface area contributed by atoms with Crippen LogP contribution in [0.1, 0.15) is 27.7 Å². The second-order valence-corrected chi connectivity index (χ2v) is 4.79. The average Bonchev–Trinajstić information content (AvgIpc) is 1.86. The predicted molar refractivity (Wildman–Crippen MR) is 51.7 cm³/mol. The van der Waals surface area contributed by atoms with Crippen LogP contribution in [0.4, 0.5) is 0 Å². The van der Waals surface area contributed by atoms with E-state index in [-0.39, 0.29) is 5.41 Å². The molecule has 1 N–H and O–H groups in total. The molecule has 0 bridgehead atoms. The number of hydrogen-bond acceptors (Lipinski definition) is 3. The van der Waals surface area contributed by atoms with E-state index in [0.29, 0.717) is 5.25 Å². The zero-order chi connectivity index (χ0) is 9.07. The molecule has 0 rings (SSSR count). The fraction of sp³-hybridized carbons (Fsp3) is 0.875. The average molecular weight is 175 g/mol. The summed E-state index contributed by atoms with van der Waals surface area (Å²) >= 11 is 1.69. The van der Waals surface area contributed by atoms with Gasteiger partial charge < -0.3 is 5.21 Å². The van der Waals surface area contributed by atoms with Gasteiger partial charge in [0, 0.05) is 10.7 Å². The van der Waals surface area contributed by atoms with Gasteiger partial charge in [-0.3, -0.25) is 0 Å². The molecule has 0 saturated carbocycles. The second kappa shape index (κ2) is 4.00. The van der Waals surface area contributed by atoms with Crippen LogP contribution in [0.5, 0.6) is 0 Å². The lowest BCUT2D eigenvalue weighted by Crippen LogP contribution is -2.28. The normalized spacial score (nSPS) is 16.6. The summed E-state index contributed by atoms with van der Waals surface area (Å²) in [5.74, 6) is 0. The van der Waals surface area contributed by atoms with Gasteiger partial charge in [-0.25, -0.2) is 0 Å². The number of rotatable bonds is 2. The Bertz CT molecular complexity index is 149. The van der Waals surface area contributed by atoms with E-state index in [1.807, 2.05) is 13.2 Å². The molecule has 2 nitrogen and oxygen atoms in total. The minimum absolute atomic E-state index is 0.0306. The summed E-state index contributed by atoms with van der Waals surface area (Å²) < 4.78 is 0. The zero-order valence-corrected chi connectivity index (χ0v) is 8.70.